The monoisotopic (exact) mass is 333 g/mol. The van der Waals surface area contributed by atoms with Gasteiger partial charge < -0.3 is 10.4 Å². The molecule has 0 aliphatic carbocycles. The Labute approximate surface area is 143 Å². The van der Waals surface area contributed by atoms with Gasteiger partial charge in [0.15, 0.2) is 0 Å². The first kappa shape index (κ1) is 17.9. The van der Waals surface area contributed by atoms with E-state index in [0.29, 0.717) is 5.75 Å². The maximum absolute atomic E-state index is 12.0. The summed E-state index contributed by atoms with van der Waals surface area (Å²) < 4.78 is 0. The van der Waals surface area contributed by atoms with Crippen molar-refractivity contribution in [2.75, 3.05) is 12.3 Å². The highest BCUT2D eigenvalue weighted by Gasteiger charge is 2.26. The Morgan fingerprint density at radius 1 is 1.09 bits per heavy atom. The molecule has 2 N–H and O–H groups in total. The van der Waals surface area contributed by atoms with Gasteiger partial charge in [-0.2, -0.15) is 0 Å². The summed E-state index contributed by atoms with van der Waals surface area (Å²) in [4.78, 5) is 12.7. The molecule has 1 aromatic rings. The lowest BCUT2D eigenvalue weighted by Gasteiger charge is -2.28. The minimum absolute atomic E-state index is 0.0102. The first-order valence-electron chi connectivity index (χ1n) is 8.01. The molecule has 0 unspecified atom stereocenters. The van der Waals surface area contributed by atoms with E-state index in [1.165, 1.54) is 0 Å². The summed E-state index contributed by atoms with van der Waals surface area (Å²) in [5, 5.41) is 13.6. The van der Waals surface area contributed by atoms with Gasteiger partial charge in [-0.3, -0.25) is 4.79 Å². The van der Waals surface area contributed by atoms with E-state index in [9.17, 15) is 9.90 Å². The molecule has 0 radical (unpaired) electrons. The Balaban J connectivity index is 2.60. The van der Waals surface area contributed by atoms with Crippen LogP contribution in [-0.2, 0) is 15.6 Å². The number of rotatable bonds is 1. The molecular weight excluding hydrogens is 306 g/mol. The second kappa shape index (κ2) is 6.23. The van der Waals surface area contributed by atoms with Gasteiger partial charge in [0.05, 0.1) is 4.91 Å². The number of nitrogens with one attached hydrogen (secondary N) is 1. The molecule has 0 bridgehead atoms. The molecule has 0 saturated carbocycles. The van der Waals surface area contributed by atoms with E-state index in [4.69, 9.17) is 0 Å². The van der Waals surface area contributed by atoms with Crippen LogP contribution in [0.3, 0.4) is 0 Å². The van der Waals surface area contributed by atoms with E-state index in [-0.39, 0.29) is 16.7 Å². The summed E-state index contributed by atoms with van der Waals surface area (Å²) in [5.74, 6) is 1.25. The Morgan fingerprint density at radius 3 is 2.04 bits per heavy atom. The third-order valence-electron chi connectivity index (χ3n) is 3.92. The minimum atomic E-state index is -0.166. The second-order valence-corrected chi connectivity index (χ2v) is 9.21. The highest BCUT2D eigenvalue weighted by Crippen LogP contribution is 2.40. The van der Waals surface area contributed by atoms with Gasteiger partial charge in [0.1, 0.15) is 5.75 Å². The summed E-state index contributed by atoms with van der Waals surface area (Å²) >= 11 is 1.58. The average molecular weight is 333 g/mol. The first-order chi connectivity index (χ1) is 10.5. The summed E-state index contributed by atoms with van der Waals surface area (Å²) in [6.07, 6.45) is 1.93. The topological polar surface area (TPSA) is 49.3 Å². The fraction of sp³-hybridized carbons (Fsp3) is 0.526. The fourth-order valence-corrected chi connectivity index (χ4v) is 3.47. The van der Waals surface area contributed by atoms with Gasteiger partial charge in [-0.25, -0.2) is 0 Å². The number of amides is 1. The maximum atomic E-state index is 12.0. The molecule has 0 atom stereocenters. The summed E-state index contributed by atoms with van der Waals surface area (Å²) in [6, 6.07) is 4.00. The third kappa shape index (κ3) is 4.11. The summed E-state index contributed by atoms with van der Waals surface area (Å²) in [5.41, 5.74) is 2.47. The molecule has 23 heavy (non-hydrogen) atoms. The van der Waals surface area contributed by atoms with Gasteiger partial charge >= 0.3 is 0 Å². The highest BCUT2D eigenvalue weighted by molar-refractivity contribution is 8.04. The van der Waals surface area contributed by atoms with Crippen molar-refractivity contribution in [1.82, 2.24) is 5.32 Å². The molecule has 1 aliphatic rings. The van der Waals surface area contributed by atoms with Crippen LogP contribution in [0.25, 0.3) is 6.08 Å². The largest absolute Gasteiger partial charge is 0.507 e. The molecule has 1 heterocycles. The van der Waals surface area contributed by atoms with E-state index >= 15 is 0 Å². The van der Waals surface area contributed by atoms with Crippen LogP contribution in [0.15, 0.2) is 17.0 Å². The molecule has 1 fully saturated rings. The zero-order valence-electron chi connectivity index (χ0n) is 14.9. The van der Waals surface area contributed by atoms with Crippen molar-refractivity contribution < 1.29 is 9.90 Å². The highest BCUT2D eigenvalue weighted by atomic mass is 32.2. The molecule has 2 rings (SSSR count). The Hall–Kier alpha value is -1.42. The van der Waals surface area contributed by atoms with Crippen molar-refractivity contribution >= 4 is 23.7 Å². The van der Waals surface area contributed by atoms with E-state index < -0.39 is 0 Å². The standard InChI is InChI=1S/C19H27NO2S/c1-18(2,3)13-9-12(10-14(16(13)21)19(4,5)6)11-15-17(22)20-7-8-23-15/h9-11,21H,7-8H2,1-6H3,(H,20,22)/b15-11+. The van der Waals surface area contributed by atoms with E-state index in [0.717, 1.165) is 33.9 Å². The van der Waals surface area contributed by atoms with Crippen molar-refractivity contribution in [2.24, 2.45) is 0 Å². The number of hydrogen-bond donors (Lipinski definition) is 2. The van der Waals surface area contributed by atoms with Gasteiger partial charge in [-0.05, 0) is 34.6 Å². The number of benzene rings is 1. The zero-order chi connectivity index (χ0) is 17.4. The van der Waals surface area contributed by atoms with Crippen LogP contribution in [0, 0.1) is 0 Å². The Kier molecular flexibility index (Phi) is 4.86. The number of carbonyl (C=O) groups is 1. The normalized spacial score (nSPS) is 18.2. The zero-order valence-corrected chi connectivity index (χ0v) is 15.7. The van der Waals surface area contributed by atoms with Gasteiger partial charge in [0.2, 0.25) is 0 Å². The van der Waals surface area contributed by atoms with Crippen LogP contribution in [0.4, 0.5) is 0 Å². The van der Waals surface area contributed by atoms with E-state index in [1.807, 2.05) is 18.2 Å². The lowest BCUT2D eigenvalue weighted by atomic mass is 9.78. The van der Waals surface area contributed by atoms with Crippen LogP contribution in [0.1, 0.15) is 58.2 Å². The number of hydrogen-bond acceptors (Lipinski definition) is 3. The molecule has 1 aliphatic heterocycles. The van der Waals surface area contributed by atoms with E-state index in [2.05, 4.69) is 46.9 Å². The van der Waals surface area contributed by atoms with Crippen molar-refractivity contribution in [3.63, 3.8) is 0 Å². The molecule has 1 amide bonds. The third-order valence-corrected chi connectivity index (χ3v) is 4.94. The summed E-state index contributed by atoms with van der Waals surface area (Å²) in [6.45, 7) is 13.3. The van der Waals surface area contributed by atoms with Crippen LogP contribution >= 0.6 is 11.8 Å². The van der Waals surface area contributed by atoms with Crippen LogP contribution in [0.5, 0.6) is 5.75 Å². The van der Waals surface area contributed by atoms with Gasteiger partial charge in [0, 0.05) is 23.4 Å². The predicted molar refractivity (Wildman–Crippen MR) is 99.0 cm³/mol. The molecule has 1 aromatic carbocycles. The van der Waals surface area contributed by atoms with Crippen LogP contribution in [0.2, 0.25) is 0 Å². The number of thioether (sulfide) groups is 1. The second-order valence-electron chi connectivity index (χ2n) is 8.08. The number of aromatic hydroxyl groups is 1. The van der Waals surface area contributed by atoms with Gasteiger partial charge in [-0.1, -0.05) is 41.5 Å². The van der Waals surface area contributed by atoms with Crippen LogP contribution in [-0.4, -0.2) is 23.3 Å². The van der Waals surface area contributed by atoms with Crippen molar-refractivity contribution in [1.29, 1.82) is 0 Å². The number of phenols is 1. The molecule has 126 valence electrons. The quantitative estimate of drug-likeness (QED) is 0.758. The van der Waals surface area contributed by atoms with Crippen LogP contribution < -0.4 is 5.32 Å². The van der Waals surface area contributed by atoms with Gasteiger partial charge in [-0.15, -0.1) is 11.8 Å². The maximum Gasteiger partial charge on any atom is 0.257 e. The number of carbonyl (C=O) groups excluding carboxylic acids is 1. The fourth-order valence-electron chi connectivity index (χ4n) is 2.62. The smallest absolute Gasteiger partial charge is 0.257 e. The molecule has 4 heteroatoms. The van der Waals surface area contributed by atoms with Crippen molar-refractivity contribution in [3.05, 3.63) is 33.7 Å². The first-order valence-corrected chi connectivity index (χ1v) is 8.99. The lowest BCUT2D eigenvalue weighted by molar-refractivity contribution is -0.116. The Bertz CT molecular complexity index is 613. The average Bonchev–Trinajstić information content (AvgIpc) is 2.40. The van der Waals surface area contributed by atoms with E-state index in [1.54, 1.807) is 11.8 Å². The summed E-state index contributed by atoms with van der Waals surface area (Å²) in [7, 11) is 0. The molecular formula is C19H27NO2S. The molecule has 3 nitrogen and oxygen atoms in total. The Morgan fingerprint density at radius 2 is 1.61 bits per heavy atom. The van der Waals surface area contributed by atoms with Crippen molar-refractivity contribution in [3.8, 4) is 5.75 Å². The lowest BCUT2D eigenvalue weighted by Crippen LogP contribution is -2.30. The van der Waals surface area contributed by atoms with Crippen molar-refractivity contribution in [2.45, 2.75) is 52.4 Å². The van der Waals surface area contributed by atoms with Gasteiger partial charge in [0.25, 0.3) is 5.91 Å². The SMILES string of the molecule is CC(C)(C)c1cc(/C=C2/SCCNC2=O)cc(C(C)(C)C)c1O. The molecule has 1 saturated heterocycles. The number of phenolic OH excluding ortho intramolecular Hbond substituents is 1. The molecule has 0 spiro atoms. The minimum Gasteiger partial charge on any atom is -0.507 e. The molecule has 0 aromatic heterocycles. The predicted octanol–water partition coefficient (Wildman–Crippen LogP) is 4.19.